The smallest absolute Gasteiger partial charge is 0.170 e. The molecule has 1 fully saturated rings. The molecule has 1 saturated heterocycles. The second kappa shape index (κ2) is 8.34. The van der Waals surface area contributed by atoms with Gasteiger partial charge >= 0.3 is 0 Å². The highest BCUT2D eigenvalue weighted by molar-refractivity contribution is 7.80. The van der Waals surface area contributed by atoms with Crippen LogP contribution in [0.2, 0.25) is 10.0 Å². The average molecular weight is 446 g/mol. The van der Waals surface area contributed by atoms with Crippen molar-refractivity contribution in [3.63, 3.8) is 0 Å². The van der Waals surface area contributed by atoms with Gasteiger partial charge in [-0.25, -0.2) is 0 Å². The van der Waals surface area contributed by atoms with Crippen LogP contribution in [0.1, 0.15) is 37.4 Å². The standard InChI is InChI=1S/C22H21Cl2N3OS/c1-13(2)12-27-21(20(26-22(27)29)16-8-3-4-11-25-16)18-10-9-17(28-18)14-6-5-7-15(23)19(14)24/h3-11,13,20-21H,12H2,1-2H3,(H,26,29)/t20-,21-/m0/s1. The molecule has 4 rings (SSSR count). The zero-order chi connectivity index (χ0) is 20.5. The van der Waals surface area contributed by atoms with Crippen molar-refractivity contribution in [3.8, 4) is 11.3 Å². The summed E-state index contributed by atoms with van der Waals surface area (Å²) in [5, 5.41) is 5.12. The molecular weight excluding hydrogens is 425 g/mol. The van der Waals surface area contributed by atoms with E-state index >= 15 is 0 Å². The van der Waals surface area contributed by atoms with Gasteiger partial charge in [0.25, 0.3) is 0 Å². The van der Waals surface area contributed by atoms with E-state index < -0.39 is 0 Å². The largest absolute Gasteiger partial charge is 0.459 e. The summed E-state index contributed by atoms with van der Waals surface area (Å²) in [5.74, 6) is 1.92. The first kappa shape index (κ1) is 20.2. The molecule has 3 heterocycles. The van der Waals surface area contributed by atoms with Crippen molar-refractivity contribution in [2.75, 3.05) is 6.54 Å². The van der Waals surface area contributed by atoms with E-state index in [1.165, 1.54) is 0 Å². The number of rotatable bonds is 5. The molecule has 0 saturated carbocycles. The first-order valence-corrected chi connectivity index (χ1v) is 10.6. The van der Waals surface area contributed by atoms with Gasteiger partial charge in [0.1, 0.15) is 17.6 Å². The highest BCUT2D eigenvalue weighted by Crippen LogP contribution is 2.42. The Morgan fingerprint density at radius 2 is 1.97 bits per heavy atom. The SMILES string of the molecule is CC(C)CN1C(=S)N[C@@H](c2ccccn2)[C@@H]1c1ccc(-c2cccc(Cl)c2Cl)o1. The second-order valence-corrected chi connectivity index (χ2v) is 8.65. The van der Waals surface area contributed by atoms with Crippen LogP contribution in [0.25, 0.3) is 11.3 Å². The van der Waals surface area contributed by atoms with Gasteiger partial charge in [-0.2, -0.15) is 0 Å². The fourth-order valence-electron chi connectivity index (χ4n) is 3.66. The molecule has 1 N–H and O–H groups in total. The minimum Gasteiger partial charge on any atom is -0.459 e. The summed E-state index contributed by atoms with van der Waals surface area (Å²) >= 11 is 18.2. The predicted octanol–water partition coefficient (Wildman–Crippen LogP) is 6.28. The lowest BCUT2D eigenvalue weighted by atomic mass is 10.0. The van der Waals surface area contributed by atoms with E-state index in [9.17, 15) is 0 Å². The minimum absolute atomic E-state index is 0.101. The zero-order valence-corrected chi connectivity index (χ0v) is 18.4. The van der Waals surface area contributed by atoms with Crippen molar-refractivity contribution in [3.05, 3.63) is 76.2 Å². The van der Waals surface area contributed by atoms with Gasteiger partial charge in [0.05, 0.1) is 21.8 Å². The van der Waals surface area contributed by atoms with E-state index in [1.54, 1.807) is 12.3 Å². The Labute approximate surface area is 185 Å². The number of thiocarbonyl (C=S) groups is 1. The summed E-state index contributed by atoms with van der Waals surface area (Å²) in [6.45, 7) is 5.16. The molecule has 0 unspecified atom stereocenters. The van der Waals surface area contributed by atoms with Crippen molar-refractivity contribution in [2.45, 2.75) is 25.9 Å². The number of hydrogen-bond acceptors (Lipinski definition) is 3. The molecule has 3 aromatic rings. The maximum Gasteiger partial charge on any atom is 0.170 e. The summed E-state index contributed by atoms with van der Waals surface area (Å²) in [5.41, 5.74) is 1.69. The maximum absolute atomic E-state index is 6.40. The third-order valence-corrected chi connectivity index (χ3v) is 6.07. The molecule has 4 nitrogen and oxygen atoms in total. The van der Waals surface area contributed by atoms with Crippen molar-refractivity contribution in [2.24, 2.45) is 5.92 Å². The monoisotopic (exact) mass is 445 g/mol. The summed E-state index contributed by atoms with van der Waals surface area (Å²) in [6.07, 6.45) is 1.79. The first-order chi connectivity index (χ1) is 14.0. The van der Waals surface area contributed by atoms with Crippen LogP contribution in [0.5, 0.6) is 0 Å². The Bertz CT molecular complexity index is 1020. The quantitative estimate of drug-likeness (QED) is 0.468. The summed E-state index contributed by atoms with van der Waals surface area (Å²) in [4.78, 5) is 6.73. The number of hydrogen-bond donors (Lipinski definition) is 1. The van der Waals surface area contributed by atoms with Crippen LogP contribution < -0.4 is 5.32 Å². The molecule has 7 heteroatoms. The third kappa shape index (κ3) is 4.00. The van der Waals surface area contributed by atoms with Gasteiger partial charge in [0.15, 0.2) is 5.11 Å². The number of nitrogens with one attached hydrogen (secondary N) is 1. The topological polar surface area (TPSA) is 41.3 Å². The molecule has 0 aliphatic carbocycles. The summed E-state index contributed by atoms with van der Waals surface area (Å²) in [6, 6.07) is 15.1. The molecular formula is C22H21Cl2N3OS. The van der Waals surface area contributed by atoms with Crippen LogP contribution in [0.3, 0.4) is 0 Å². The van der Waals surface area contributed by atoms with Crippen molar-refractivity contribution in [1.82, 2.24) is 15.2 Å². The first-order valence-electron chi connectivity index (χ1n) is 9.48. The van der Waals surface area contributed by atoms with Gasteiger partial charge in [-0.15, -0.1) is 0 Å². The number of nitrogens with zero attached hydrogens (tertiary/aromatic N) is 2. The fraction of sp³-hybridized carbons (Fsp3) is 0.273. The van der Waals surface area contributed by atoms with Crippen LogP contribution in [0.15, 0.2) is 59.1 Å². The van der Waals surface area contributed by atoms with Crippen LogP contribution in [-0.2, 0) is 0 Å². The highest BCUT2D eigenvalue weighted by Gasteiger charge is 2.41. The van der Waals surface area contributed by atoms with Crippen molar-refractivity contribution < 1.29 is 4.42 Å². The molecule has 0 bridgehead atoms. The predicted molar refractivity (Wildman–Crippen MR) is 121 cm³/mol. The van der Waals surface area contributed by atoms with Gasteiger partial charge < -0.3 is 14.6 Å². The molecule has 0 amide bonds. The lowest BCUT2D eigenvalue weighted by Crippen LogP contribution is -2.32. The molecule has 0 radical (unpaired) electrons. The second-order valence-electron chi connectivity index (χ2n) is 7.48. The summed E-state index contributed by atoms with van der Waals surface area (Å²) in [7, 11) is 0. The normalized spacial score (nSPS) is 19.1. The van der Waals surface area contributed by atoms with Crippen molar-refractivity contribution >= 4 is 40.5 Å². The van der Waals surface area contributed by atoms with E-state index in [-0.39, 0.29) is 12.1 Å². The van der Waals surface area contributed by atoms with Gasteiger partial charge in [0.2, 0.25) is 0 Å². The molecule has 150 valence electrons. The number of halogens is 2. The van der Waals surface area contributed by atoms with E-state index in [2.05, 4.69) is 29.0 Å². The van der Waals surface area contributed by atoms with Crippen LogP contribution >= 0.6 is 35.4 Å². The highest BCUT2D eigenvalue weighted by atomic mass is 35.5. The molecule has 2 aromatic heterocycles. The van der Waals surface area contributed by atoms with Gasteiger partial charge in [-0.3, -0.25) is 4.98 Å². The Kier molecular flexibility index (Phi) is 5.81. The van der Waals surface area contributed by atoms with Gasteiger partial charge in [-0.1, -0.05) is 49.2 Å². The molecule has 1 aliphatic rings. The molecule has 2 atom stereocenters. The van der Waals surface area contributed by atoms with Crippen LogP contribution in [0.4, 0.5) is 0 Å². The Hall–Kier alpha value is -2.08. The van der Waals surface area contributed by atoms with E-state index in [1.807, 2.05) is 42.5 Å². The fourth-order valence-corrected chi connectivity index (χ4v) is 4.36. The minimum atomic E-state index is -0.105. The molecule has 1 aliphatic heterocycles. The average Bonchev–Trinajstić information content (AvgIpc) is 3.29. The Morgan fingerprint density at radius 1 is 1.14 bits per heavy atom. The van der Waals surface area contributed by atoms with E-state index in [0.717, 1.165) is 23.6 Å². The summed E-state index contributed by atoms with van der Waals surface area (Å²) < 4.78 is 6.29. The maximum atomic E-state index is 6.40. The number of benzene rings is 1. The van der Waals surface area contributed by atoms with E-state index in [0.29, 0.717) is 26.8 Å². The number of pyridine rings is 1. The van der Waals surface area contributed by atoms with Crippen LogP contribution in [-0.4, -0.2) is 21.5 Å². The third-order valence-electron chi connectivity index (χ3n) is 4.89. The lowest BCUT2D eigenvalue weighted by Gasteiger charge is -2.27. The Balaban J connectivity index is 1.75. The number of aromatic nitrogens is 1. The number of furan rings is 1. The lowest BCUT2D eigenvalue weighted by molar-refractivity contribution is 0.253. The zero-order valence-electron chi connectivity index (χ0n) is 16.1. The van der Waals surface area contributed by atoms with Gasteiger partial charge in [-0.05, 0) is 54.5 Å². The van der Waals surface area contributed by atoms with Crippen LogP contribution in [0, 0.1) is 5.92 Å². The van der Waals surface area contributed by atoms with E-state index in [4.69, 9.17) is 39.8 Å². The molecule has 29 heavy (non-hydrogen) atoms. The molecule has 0 spiro atoms. The Morgan fingerprint density at radius 3 is 2.69 bits per heavy atom. The van der Waals surface area contributed by atoms with Gasteiger partial charge in [0, 0.05) is 18.3 Å². The molecule has 1 aromatic carbocycles. The van der Waals surface area contributed by atoms with Crippen molar-refractivity contribution in [1.29, 1.82) is 0 Å².